The first-order valence-electron chi connectivity index (χ1n) is 4.12. The van der Waals surface area contributed by atoms with Gasteiger partial charge >= 0.3 is 95.5 Å². The average Bonchev–Trinajstić information content (AvgIpc) is 2.08. The minimum absolute atomic E-state index is 0.965. The summed E-state index contributed by atoms with van der Waals surface area (Å²) in [7, 11) is -1.14. The summed E-state index contributed by atoms with van der Waals surface area (Å²) in [5, 5.41) is 0. The SMILES string of the molecule is CC[Si](C#[C][Ce][Cl])(CC)CC. The quantitative estimate of drug-likeness (QED) is 0.554. The molecule has 0 spiro atoms. The fraction of sp³-hybridized carbons (Fsp3) is 0.750. The topological polar surface area (TPSA) is 0 Å². The van der Waals surface area contributed by atoms with Crippen LogP contribution < -0.4 is 0 Å². The van der Waals surface area contributed by atoms with E-state index in [1.165, 1.54) is 18.1 Å². The van der Waals surface area contributed by atoms with Crippen LogP contribution in [0.4, 0.5) is 0 Å². The van der Waals surface area contributed by atoms with Gasteiger partial charge in [0.15, 0.2) is 0 Å². The van der Waals surface area contributed by atoms with Gasteiger partial charge < -0.3 is 0 Å². The maximum absolute atomic E-state index is 5.72. The second-order valence-corrected chi connectivity index (χ2v) is 10.4. The van der Waals surface area contributed by atoms with Gasteiger partial charge in [0, 0.05) is 0 Å². The molecule has 0 aromatic carbocycles. The van der Waals surface area contributed by atoms with Crippen LogP contribution >= 0.6 is 5.63 Å². The zero-order valence-corrected chi connectivity index (χ0v) is 12.4. The van der Waals surface area contributed by atoms with Gasteiger partial charge in [0.1, 0.15) is 0 Å². The summed E-state index contributed by atoms with van der Waals surface area (Å²) in [6.07, 6.45) is 0. The maximum atomic E-state index is 5.72. The van der Waals surface area contributed by atoms with Crippen LogP contribution in [0.2, 0.25) is 18.1 Å². The average molecular weight is 315 g/mol. The van der Waals surface area contributed by atoms with Gasteiger partial charge in [0.2, 0.25) is 0 Å². The summed E-state index contributed by atoms with van der Waals surface area (Å²) < 4.78 is 3.21. The fourth-order valence-electron chi connectivity index (χ4n) is 1.17. The van der Waals surface area contributed by atoms with Crippen LogP contribution in [0.15, 0.2) is 0 Å². The summed E-state index contributed by atoms with van der Waals surface area (Å²) in [6.45, 7) is 6.82. The number of hydrogen-bond acceptors (Lipinski definition) is 0. The molecule has 0 heterocycles. The van der Waals surface area contributed by atoms with E-state index in [9.17, 15) is 0 Å². The van der Waals surface area contributed by atoms with Crippen molar-refractivity contribution in [1.29, 1.82) is 0 Å². The Morgan fingerprint density at radius 3 is 1.91 bits per heavy atom. The predicted octanol–water partition coefficient (Wildman–Crippen LogP) is 3.23. The Labute approximate surface area is 94.2 Å². The molecular weight excluding hydrogens is 300 g/mol. The molecule has 0 unspecified atom stereocenters. The van der Waals surface area contributed by atoms with Crippen molar-refractivity contribution < 1.29 is 36.0 Å². The molecule has 0 aliphatic rings. The Kier molecular flexibility index (Phi) is 7.81. The molecule has 0 saturated carbocycles. The van der Waals surface area contributed by atoms with E-state index in [-0.39, 0.29) is 0 Å². The molecule has 0 aliphatic heterocycles. The molecule has 62 valence electrons. The van der Waals surface area contributed by atoms with Crippen LogP contribution in [0, 0.1) is 42.9 Å². The monoisotopic (exact) mass is 314 g/mol. The molecule has 0 saturated heterocycles. The van der Waals surface area contributed by atoms with E-state index < -0.39 is 44.0 Å². The molecule has 0 atom stereocenters. The normalized spacial score (nSPS) is 10.2. The van der Waals surface area contributed by atoms with E-state index in [1.54, 1.807) is 0 Å². The van der Waals surface area contributed by atoms with Crippen molar-refractivity contribution in [3.63, 3.8) is 0 Å². The van der Waals surface area contributed by atoms with Crippen molar-refractivity contribution in [2.24, 2.45) is 0 Å². The number of rotatable bonds is 3. The van der Waals surface area contributed by atoms with Crippen LogP contribution in [-0.2, 0) is 0 Å². The molecule has 0 bridgehead atoms. The molecule has 0 amide bonds. The Bertz CT molecular complexity index is 147. The first-order valence-corrected chi connectivity index (χ1v) is 12.3. The van der Waals surface area contributed by atoms with Crippen LogP contribution in [0.25, 0.3) is 0 Å². The van der Waals surface area contributed by atoms with Gasteiger partial charge in [0.25, 0.3) is 0 Å². The van der Waals surface area contributed by atoms with Crippen molar-refractivity contribution in [1.82, 2.24) is 0 Å². The summed E-state index contributed by atoms with van der Waals surface area (Å²) in [5.41, 5.74) is 9.20. The van der Waals surface area contributed by atoms with Gasteiger partial charge in [-0.3, -0.25) is 0 Å². The molecule has 3 heteroatoms. The van der Waals surface area contributed by atoms with Crippen molar-refractivity contribution in [3.8, 4) is 6.98 Å². The molecule has 0 aromatic rings. The van der Waals surface area contributed by atoms with Crippen LogP contribution in [0.5, 0.6) is 0 Å². The molecule has 0 nitrogen and oxygen atoms in total. The van der Waals surface area contributed by atoms with E-state index in [0.29, 0.717) is 0 Å². The Morgan fingerprint density at radius 2 is 1.64 bits per heavy atom. The number of halogens is 1. The summed E-state index contributed by atoms with van der Waals surface area (Å²) in [6, 6.07) is 3.90. The van der Waals surface area contributed by atoms with Crippen molar-refractivity contribution in [2.45, 2.75) is 38.9 Å². The molecule has 0 N–H and O–H groups in total. The van der Waals surface area contributed by atoms with Gasteiger partial charge in [-0.25, -0.2) is 0 Å². The van der Waals surface area contributed by atoms with Crippen molar-refractivity contribution in [2.75, 3.05) is 0 Å². The van der Waals surface area contributed by atoms with Gasteiger partial charge in [0.05, 0.1) is 0 Å². The van der Waals surface area contributed by atoms with Gasteiger partial charge in [-0.05, 0) is 0 Å². The molecular formula is C8H15CeClSi. The van der Waals surface area contributed by atoms with E-state index >= 15 is 0 Å². The number of hydrogen-bond donors (Lipinski definition) is 0. The van der Waals surface area contributed by atoms with Gasteiger partial charge in [-0.1, -0.05) is 0 Å². The van der Waals surface area contributed by atoms with Gasteiger partial charge in [-0.15, -0.1) is 0 Å². The standard InChI is InChI=1S/C8H15Si.Ce.ClH/c1-5-9(6-2,7-3)8-4;;/h5-7H2,1-3H3;;1H/q;+1;/p-1. The molecule has 0 aliphatic carbocycles. The molecule has 0 fully saturated rings. The third-order valence-electron chi connectivity index (χ3n) is 2.41. The van der Waals surface area contributed by atoms with E-state index in [4.69, 9.17) is 5.63 Å². The summed E-state index contributed by atoms with van der Waals surface area (Å²) in [4.78, 5) is 0. The minimum atomic E-state index is -1.14. The zero-order valence-electron chi connectivity index (χ0n) is 7.50. The fourth-order valence-corrected chi connectivity index (χ4v) is 7.49. The van der Waals surface area contributed by atoms with Crippen molar-refractivity contribution >= 4 is 13.7 Å². The summed E-state index contributed by atoms with van der Waals surface area (Å²) >= 11 is -0.965. The molecule has 11 heavy (non-hydrogen) atoms. The Hall–Kier alpha value is 1.44. The summed E-state index contributed by atoms with van der Waals surface area (Å²) in [5.74, 6) is 0. The van der Waals surface area contributed by atoms with E-state index in [0.717, 1.165) is 0 Å². The Morgan fingerprint density at radius 1 is 1.18 bits per heavy atom. The molecule has 0 radical (unpaired) electrons. The third-order valence-corrected chi connectivity index (χ3v) is 9.28. The van der Waals surface area contributed by atoms with Crippen LogP contribution in [-0.4, -0.2) is 8.07 Å². The van der Waals surface area contributed by atoms with Gasteiger partial charge in [-0.2, -0.15) is 0 Å². The Balaban J connectivity index is 4.28. The van der Waals surface area contributed by atoms with Crippen LogP contribution in [0.3, 0.4) is 0 Å². The third kappa shape index (κ3) is 4.28. The zero-order chi connectivity index (χ0) is 8.74. The van der Waals surface area contributed by atoms with Crippen LogP contribution in [0.1, 0.15) is 20.8 Å². The first-order chi connectivity index (χ1) is 5.24. The van der Waals surface area contributed by atoms with E-state index in [2.05, 4.69) is 27.8 Å². The second kappa shape index (κ2) is 6.91. The predicted molar refractivity (Wildman–Crippen MR) is 50.8 cm³/mol. The molecule has 0 aromatic heterocycles. The first kappa shape index (κ1) is 12.4. The van der Waals surface area contributed by atoms with Crippen molar-refractivity contribution in [3.05, 3.63) is 0 Å². The second-order valence-electron chi connectivity index (χ2n) is 2.69. The van der Waals surface area contributed by atoms with E-state index in [1.807, 2.05) is 0 Å². The molecule has 0 rings (SSSR count).